The number of allylic oxidation sites excluding steroid dienone is 4. The molecule has 5 nitrogen and oxygen atoms in total. The molecule has 2 rings (SSSR count). The molecule has 0 aliphatic heterocycles. The molecule has 0 aromatic rings. The van der Waals surface area contributed by atoms with Crippen LogP contribution in [0.15, 0.2) is 22.3 Å². The standard InChI is InChI=1S/C32H51NO4/c1-21(2)15-23(29-25(34)17-31(5,6)18-26(29)35)11-9-13-33-14-10-12-24(16-22(3)4)30-27(36)19-32(7,8)20-28(30)37/h21-22,33H,9-20H2,1-8H3. The van der Waals surface area contributed by atoms with Gasteiger partial charge in [-0.2, -0.15) is 0 Å². The van der Waals surface area contributed by atoms with Gasteiger partial charge in [-0.15, -0.1) is 0 Å². The van der Waals surface area contributed by atoms with Gasteiger partial charge in [0.25, 0.3) is 0 Å². The maximum atomic E-state index is 12.8. The van der Waals surface area contributed by atoms with Gasteiger partial charge in [0.2, 0.25) is 0 Å². The quantitative estimate of drug-likeness (QED) is 0.178. The lowest BCUT2D eigenvalue weighted by molar-refractivity contribution is -0.129. The molecule has 2 saturated carbocycles. The fourth-order valence-corrected chi connectivity index (χ4v) is 5.94. The summed E-state index contributed by atoms with van der Waals surface area (Å²) in [6.45, 7) is 18.1. The van der Waals surface area contributed by atoms with Crippen LogP contribution in [-0.2, 0) is 19.2 Å². The highest BCUT2D eigenvalue weighted by atomic mass is 16.2. The third-order valence-electron chi connectivity index (χ3n) is 7.35. The number of carbonyl (C=O) groups is 4. The predicted octanol–water partition coefficient (Wildman–Crippen LogP) is 6.74. The molecule has 1 N–H and O–H groups in total. The van der Waals surface area contributed by atoms with Gasteiger partial charge < -0.3 is 5.32 Å². The fourth-order valence-electron chi connectivity index (χ4n) is 5.94. The Hall–Kier alpha value is -1.88. The van der Waals surface area contributed by atoms with E-state index in [4.69, 9.17) is 0 Å². The molecule has 0 saturated heterocycles. The van der Waals surface area contributed by atoms with Crippen molar-refractivity contribution >= 4 is 23.1 Å². The van der Waals surface area contributed by atoms with E-state index in [1.807, 2.05) is 27.7 Å². The molecule has 0 atom stereocenters. The zero-order chi connectivity index (χ0) is 28.0. The van der Waals surface area contributed by atoms with Crippen LogP contribution in [0, 0.1) is 22.7 Å². The maximum Gasteiger partial charge on any atom is 0.166 e. The van der Waals surface area contributed by atoms with E-state index in [-0.39, 0.29) is 34.0 Å². The molecule has 0 aromatic heterocycles. The van der Waals surface area contributed by atoms with Gasteiger partial charge in [0.05, 0.1) is 11.1 Å². The predicted molar refractivity (Wildman–Crippen MR) is 150 cm³/mol. The van der Waals surface area contributed by atoms with Crippen LogP contribution in [0.4, 0.5) is 0 Å². The van der Waals surface area contributed by atoms with Crippen molar-refractivity contribution in [3.05, 3.63) is 22.3 Å². The Morgan fingerprint density at radius 2 is 0.919 bits per heavy atom. The minimum Gasteiger partial charge on any atom is -0.317 e. The van der Waals surface area contributed by atoms with Gasteiger partial charge in [0.15, 0.2) is 23.1 Å². The van der Waals surface area contributed by atoms with Crippen molar-refractivity contribution in [3.8, 4) is 0 Å². The Balaban J connectivity index is 1.93. The zero-order valence-electron chi connectivity index (χ0n) is 24.8. The highest BCUT2D eigenvalue weighted by Gasteiger charge is 2.38. The first-order valence-corrected chi connectivity index (χ1v) is 14.4. The van der Waals surface area contributed by atoms with Crippen molar-refractivity contribution in [2.24, 2.45) is 22.7 Å². The summed E-state index contributed by atoms with van der Waals surface area (Å²) >= 11 is 0. The summed E-state index contributed by atoms with van der Waals surface area (Å²) in [4.78, 5) is 51.3. The minimum absolute atomic E-state index is 0.0192. The van der Waals surface area contributed by atoms with Crippen LogP contribution in [0.2, 0.25) is 0 Å². The van der Waals surface area contributed by atoms with Gasteiger partial charge in [0.1, 0.15) is 0 Å². The Kier molecular flexibility index (Phi) is 11.2. The van der Waals surface area contributed by atoms with Gasteiger partial charge in [0, 0.05) is 25.7 Å². The second-order valence-electron chi connectivity index (χ2n) is 13.8. The molecule has 208 valence electrons. The van der Waals surface area contributed by atoms with E-state index in [9.17, 15) is 19.2 Å². The lowest BCUT2D eigenvalue weighted by atomic mass is 9.72. The maximum absolute atomic E-state index is 12.8. The van der Waals surface area contributed by atoms with Crippen molar-refractivity contribution in [1.82, 2.24) is 5.32 Å². The highest BCUT2D eigenvalue weighted by Crippen LogP contribution is 2.37. The molecular weight excluding hydrogens is 462 g/mol. The Morgan fingerprint density at radius 1 is 0.622 bits per heavy atom. The molecule has 0 radical (unpaired) electrons. The molecule has 0 spiro atoms. The summed E-state index contributed by atoms with van der Waals surface area (Å²) < 4.78 is 0. The molecule has 0 unspecified atom stereocenters. The summed E-state index contributed by atoms with van der Waals surface area (Å²) in [5.41, 5.74) is 2.56. The van der Waals surface area contributed by atoms with E-state index in [1.165, 1.54) is 0 Å². The van der Waals surface area contributed by atoms with Crippen LogP contribution in [0.5, 0.6) is 0 Å². The van der Waals surface area contributed by atoms with Crippen LogP contribution >= 0.6 is 0 Å². The summed E-state index contributed by atoms with van der Waals surface area (Å²) in [5.74, 6) is 0.872. The van der Waals surface area contributed by atoms with Crippen LogP contribution in [-0.4, -0.2) is 36.2 Å². The third kappa shape index (κ3) is 9.74. The number of rotatable bonds is 12. The van der Waals surface area contributed by atoms with Crippen molar-refractivity contribution in [1.29, 1.82) is 0 Å². The monoisotopic (exact) mass is 513 g/mol. The van der Waals surface area contributed by atoms with Gasteiger partial charge in [-0.25, -0.2) is 0 Å². The number of hydrogen-bond acceptors (Lipinski definition) is 5. The first-order valence-electron chi connectivity index (χ1n) is 14.4. The second kappa shape index (κ2) is 13.3. The van der Waals surface area contributed by atoms with Crippen molar-refractivity contribution in [2.45, 2.75) is 120 Å². The van der Waals surface area contributed by atoms with Gasteiger partial charge in [-0.05, 0) is 74.3 Å². The molecule has 2 aliphatic carbocycles. The molecule has 5 heteroatoms. The molecule has 0 amide bonds. The Morgan fingerprint density at radius 3 is 1.19 bits per heavy atom. The molecule has 2 fully saturated rings. The summed E-state index contributed by atoms with van der Waals surface area (Å²) in [6, 6.07) is 0. The lowest BCUT2D eigenvalue weighted by Gasteiger charge is -2.30. The van der Waals surface area contributed by atoms with Gasteiger partial charge >= 0.3 is 0 Å². The molecule has 0 aromatic carbocycles. The first-order chi connectivity index (χ1) is 17.1. The number of hydrogen-bond donors (Lipinski definition) is 1. The summed E-state index contributed by atoms with van der Waals surface area (Å²) in [5, 5.41) is 3.49. The molecular formula is C32H51NO4. The van der Waals surface area contributed by atoms with Gasteiger partial charge in [-0.1, -0.05) is 66.5 Å². The Bertz CT molecular complexity index is 826. The first kappa shape index (κ1) is 31.3. The largest absolute Gasteiger partial charge is 0.317 e. The molecule has 37 heavy (non-hydrogen) atoms. The summed E-state index contributed by atoms with van der Waals surface area (Å²) in [7, 11) is 0. The number of ketones is 4. The van der Waals surface area contributed by atoms with E-state index in [1.54, 1.807) is 0 Å². The topological polar surface area (TPSA) is 80.3 Å². The molecule has 2 aliphatic rings. The van der Waals surface area contributed by atoms with E-state index in [0.29, 0.717) is 48.7 Å². The Labute approximate surface area is 225 Å². The molecule has 0 heterocycles. The fraction of sp³-hybridized carbons (Fsp3) is 0.750. The van der Waals surface area contributed by atoms with E-state index < -0.39 is 0 Å². The molecule has 0 bridgehead atoms. The van der Waals surface area contributed by atoms with Crippen molar-refractivity contribution < 1.29 is 19.2 Å². The van der Waals surface area contributed by atoms with E-state index in [0.717, 1.165) is 62.8 Å². The second-order valence-corrected chi connectivity index (χ2v) is 13.8. The summed E-state index contributed by atoms with van der Waals surface area (Å²) in [6.07, 6.45) is 6.66. The van der Waals surface area contributed by atoms with Crippen LogP contribution in [0.25, 0.3) is 0 Å². The van der Waals surface area contributed by atoms with Crippen molar-refractivity contribution in [3.63, 3.8) is 0 Å². The minimum atomic E-state index is -0.241. The average Bonchev–Trinajstić information content (AvgIpc) is 2.68. The van der Waals surface area contributed by atoms with E-state index >= 15 is 0 Å². The smallest absolute Gasteiger partial charge is 0.166 e. The third-order valence-corrected chi connectivity index (χ3v) is 7.35. The normalized spacial score (nSPS) is 19.8. The number of nitrogens with one attached hydrogen (secondary N) is 1. The lowest BCUT2D eigenvalue weighted by Crippen LogP contribution is -2.32. The zero-order valence-corrected chi connectivity index (χ0v) is 24.8. The highest BCUT2D eigenvalue weighted by molar-refractivity contribution is 6.23. The van der Waals surface area contributed by atoms with Gasteiger partial charge in [-0.3, -0.25) is 19.2 Å². The van der Waals surface area contributed by atoms with E-state index in [2.05, 4.69) is 33.0 Å². The van der Waals surface area contributed by atoms with Crippen LogP contribution < -0.4 is 5.32 Å². The SMILES string of the molecule is CC(C)CC(CCCNCCCC(CC(C)C)=C1C(=O)CC(C)(C)CC1=O)=C1C(=O)CC(C)(C)CC1=O. The van der Waals surface area contributed by atoms with Crippen LogP contribution in [0.3, 0.4) is 0 Å². The number of carbonyl (C=O) groups excluding carboxylic acids is 4. The van der Waals surface area contributed by atoms with Crippen LogP contribution in [0.1, 0.15) is 120 Å². The average molecular weight is 514 g/mol. The van der Waals surface area contributed by atoms with Crippen molar-refractivity contribution in [2.75, 3.05) is 13.1 Å². The number of Topliss-reactive ketones (excluding diaryl/α,β-unsaturated/α-hetero) is 4.